The maximum Gasteiger partial charge on any atom is 0.387 e. The van der Waals surface area contributed by atoms with Gasteiger partial charge in [0.2, 0.25) is 0 Å². The zero-order chi connectivity index (χ0) is 12.4. The van der Waals surface area contributed by atoms with E-state index in [0.29, 0.717) is 15.9 Å². The summed E-state index contributed by atoms with van der Waals surface area (Å²) in [5.74, 6) is 0.606. The Morgan fingerprint density at radius 3 is 2.71 bits per heavy atom. The molecular formula is C10H8BrF2N3O. The van der Waals surface area contributed by atoms with Crippen molar-refractivity contribution in [3.8, 4) is 17.1 Å². The summed E-state index contributed by atoms with van der Waals surface area (Å²) in [5, 5.41) is 4.12. The number of aromatic nitrogens is 3. The number of ether oxygens (including phenoxy) is 1. The Balaban J connectivity index is 2.31. The van der Waals surface area contributed by atoms with E-state index in [1.54, 1.807) is 24.1 Å². The molecule has 90 valence electrons. The summed E-state index contributed by atoms with van der Waals surface area (Å²) < 4.78 is 30.5. The lowest BCUT2D eigenvalue weighted by Gasteiger charge is -2.06. The van der Waals surface area contributed by atoms with Gasteiger partial charge in [-0.05, 0) is 34.1 Å². The van der Waals surface area contributed by atoms with Crippen LogP contribution >= 0.6 is 15.9 Å². The van der Waals surface area contributed by atoms with Crippen LogP contribution in [0.15, 0.2) is 29.0 Å². The molecule has 2 aromatic rings. The van der Waals surface area contributed by atoms with E-state index in [2.05, 4.69) is 30.7 Å². The van der Waals surface area contributed by atoms with Crippen molar-refractivity contribution in [3.63, 3.8) is 0 Å². The lowest BCUT2D eigenvalue weighted by molar-refractivity contribution is -0.0498. The van der Waals surface area contributed by atoms with Crippen LogP contribution in [-0.2, 0) is 7.05 Å². The topological polar surface area (TPSA) is 39.9 Å². The summed E-state index contributed by atoms with van der Waals surface area (Å²) in [6.45, 7) is -2.83. The average molecular weight is 304 g/mol. The lowest BCUT2D eigenvalue weighted by Crippen LogP contribution is -2.01. The summed E-state index contributed by atoms with van der Waals surface area (Å²) in [5.41, 5.74) is 0.715. The summed E-state index contributed by atoms with van der Waals surface area (Å²) in [6, 6.07) is 4.53. The van der Waals surface area contributed by atoms with Crippen LogP contribution in [0.4, 0.5) is 8.78 Å². The van der Waals surface area contributed by atoms with Gasteiger partial charge in [0, 0.05) is 17.1 Å². The summed E-state index contributed by atoms with van der Waals surface area (Å²) in [7, 11) is 1.75. The minimum Gasteiger partial charge on any atom is -0.435 e. The number of nitrogens with zero attached hydrogens (tertiary/aromatic N) is 3. The van der Waals surface area contributed by atoms with Crippen molar-refractivity contribution in [1.82, 2.24) is 14.8 Å². The first kappa shape index (κ1) is 12.0. The van der Waals surface area contributed by atoms with Crippen LogP contribution in [0.1, 0.15) is 0 Å². The van der Waals surface area contributed by atoms with Crippen LogP contribution in [0.3, 0.4) is 0 Å². The third-order valence-corrected chi connectivity index (χ3v) is 2.66. The van der Waals surface area contributed by atoms with Crippen LogP contribution in [0.2, 0.25) is 0 Å². The molecule has 17 heavy (non-hydrogen) atoms. The Bertz CT molecular complexity index is 530. The Hall–Kier alpha value is -1.50. The number of hydrogen-bond acceptors (Lipinski definition) is 3. The molecule has 0 radical (unpaired) electrons. The first-order valence-electron chi connectivity index (χ1n) is 4.66. The smallest absolute Gasteiger partial charge is 0.387 e. The van der Waals surface area contributed by atoms with E-state index in [4.69, 9.17) is 0 Å². The lowest BCUT2D eigenvalue weighted by atomic mass is 10.2. The summed E-state index contributed by atoms with van der Waals surface area (Å²) in [6.07, 6.45) is 1.56. The number of hydrogen-bond donors (Lipinski definition) is 0. The molecule has 0 fully saturated rings. The molecule has 0 spiro atoms. The molecule has 0 aliphatic heterocycles. The minimum absolute atomic E-state index is 0.0894. The van der Waals surface area contributed by atoms with Gasteiger partial charge in [0.05, 0.1) is 0 Å². The molecule has 2 rings (SSSR count). The minimum atomic E-state index is -2.83. The molecule has 0 aliphatic rings. The van der Waals surface area contributed by atoms with Crippen molar-refractivity contribution in [2.75, 3.05) is 0 Å². The van der Waals surface area contributed by atoms with E-state index in [1.165, 1.54) is 12.1 Å². The van der Waals surface area contributed by atoms with Gasteiger partial charge in [-0.2, -0.15) is 13.9 Å². The molecule has 0 saturated heterocycles. The highest BCUT2D eigenvalue weighted by Gasteiger charge is 2.10. The fourth-order valence-electron chi connectivity index (χ4n) is 1.32. The molecule has 0 N–H and O–H groups in total. The second kappa shape index (κ2) is 4.79. The highest BCUT2D eigenvalue weighted by molar-refractivity contribution is 9.10. The fourth-order valence-corrected chi connectivity index (χ4v) is 1.85. The first-order chi connectivity index (χ1) is 8.06. The second-order valence-electron chi connectivity index (χ2n) is 3.26. The molecular weight excluding hydrogens is 296 g/mol. The third kappa shape index (κ3) is 2.79. The fraction of sp³-hybridized carbons (Fsp3) is 0.200. The summed E-state index contributed by atoms with van der Waals surface area (Å²) in [4.78, 5) is 4.07. The number of benzene rings is 1. The van der Waals surface area contributed by atoms with Crippen molar-refractivity contribution in [2.45, 2.75) is 6.61 Å². The molecule has 7 heteroatoms. The molecule has 4 nitrogen and oxygen atoms in total. The first-order valence-corrected chi connectivity index (χ1v) is 5.46. The average Bonchev–Trinajstić information content (AvgIpc) is 2.64. The molecule has 1 aromatic heterocycles. The van der Waals surface area contributed by atoms with Crippen LogP contribution < -0.4 is 4.74 Å². The van der Waals surface area contributed by atoms with E-state index < -0.39 is 6.61 Å². The van der Waals surface area contributed by atoms with Gasteiger partial charge in [0.15, 0.2) is 5.82 Å². The van der Waals surface area contributed by atoms with Crippen LogP contribution in [-0.4, -0.2) is 21.4 Å². The van der Waals surface area contributed by atoms with E-state index >= 15 is 0 Å². The van der Waals surface area contributed by atoms with Crippen LogP contribution in [0.5, 0.6) is 5.75 Å². The van der Waals surface area contributed by atoms with Crippen LogP contribution in [0, 0.1) is 0 Å². The number of alkyl halides is 2. The highest BCUT2D eigenvalue weighted by atomic mass is 79.9. The third-order valence-electron chi connectivity index (χ3n) is 2.01. The van der Waals surface area contributed by atoms with Gasteiger partial charge in [-0.25, -0.2) is 4.98 Å². The largest absolute Gasteiger partial charge is 0.435 e. The van der Waals surface area contributed by atoms with Crippen molar-refractivity contribution in [3.05, 3.63) is 29.0 Å². The monoisotopic (exact) mass is 303 g/mol. The molecule has 1 aromatic carbocycles. The van der Waals surface area contributed by atoms with Crippen molar-refractivity contribution < 1.29 is 13.5 Å². The van der Waals surface area contributed by atoms with E-state index in [9.17, 15) is 8.78 Å². The quantitative estimate of drug-likeness (QED) is 0.875. The second-order valence-corrected chi connectivity index (χ2v) is 4.12. The molecule has 0 bridgehead atoms. The van der Waals surface area contributed by atoms with Gasteiger partial charge < -0.3 is 4.74 Å². The SMILES string of the molecule is Cn1cnc(-c2ccc(OC(F)F)cc2Br)n1. The Kier molecular flexibility index (Phi) is 3.37. The molecule has 1 heterocycles. The summed E-state index contributed by atoms with van der Waals surface area (Å²) >= 11 is 3.27. The standard InChI is InChI=1S/C10H8BrF2N3O/c1-16-5-14-9(15-16)7-3-2-6(4-8(7)11)17-10(12)13/h2-5,10H,1H3. The zero-order valence-corrected chi connectivity index (χ0v) is 10.4. The predicted octanol–water partition coefficient (Wildman–Crippen LogP) is 2.85. The number of aryl methyl sites for hydroxylation is 1. The Morgan fingerprint density at radius 1 is 1.41 bits per heavy atom. The van der Waals surface area contributed by atoms with Gasteiger partial charge in [0.25, 0.3) is 0 Å². The number of rotatable bonds is 3. The van der Waals surface area contributed by atoms with E-state index in [-0.39, 0.29) is 5.75 Å². The molecule has 0 unspecified atom stereocenters. The van der Waals surface area contributed by atoms with Gasteiger partial charge in [-0.1, -0.05) is 0 Å². The molecule has 0 amide bonds. The molecule has 0 atom stereocenters. The van der Waals surface area contributed by atoms with Gasteiger partial charge in [-0.15, -0.1) is 0 Å². The predicted molar refractivity (Wildman–Crippen MR) is 60.8 cm³/mol. The number of halogens is 3. The normalized spacial score (nSPS) is 10.9. The maximum atomic E-state index is 12.0. The molecule has 0 saturated carbocycles. The Morgan fingerprint density at radius 2 is 2.18 bits per heavy atom. The van der Waals surface area contributed by atoms with E-state index in [0.717, 1.165) is 0 Å². The van der Waals surface area contributed by atoms with Gasteiger partial charge in [-0.3, -0.25) is 4.68 Å². The zero-order valence-electron chi connectivity index (χ0n) is 8.77. The Labute approximate surface area is 104 Å². The molecule has 0 aliphatic carbocycles. The highest BCUT2D eigenvalue weighted by Crippen LogP contribution is 2.29. The van der Waals surface area contributed by atoms with E-state index in [1.807, 2.05) is 0 Å². The van der Waals surface area contributed by atoms with Gasteiger partial charge in [0.1, 0.15) is 12.1 Å². The van der Waals surface area contributed by atoms with Gasteiger partial charge >= 0.3 is 6.61 Å². The van der Waals surface area contributed by atoms with Crippen LogP contribution in [0.25, 0.3) is 11.4 Å². The maximum absolute atomic E-state index is 12.0. The van der Waals surface area contributed by atoms with Crippen molar-refractivity contribution >= 4 is 15.9 Å². The van der Waals surface area contributed by atoms with Crippen molar-refractivity contribution in [1.29, 1.82) is 0 Å². The van der Waals surface area contributed by atoms with Crippen molar-refractivity contribution in [2.24, 2.45) is 7.05 Å².